The van der Waals surface area contributed by atoms with Gasteiger partial charge < -0.3 is 9.47 Å². The van der Waals surface area contributed by atoms with Crippen LogP contribution in [0.1, 0.15) is 18.4 Å². The van der Waals surface area contributed by atoms with E-state index < -0.39 is 23.9 Å². The van der Waals surface area contributed by atoms with Gasteiger partial charge in [0, 0.05) is 5.70 Å². The van der Waals surface area contributed by atoms with Crippen molar-refractivity contribution >= 4 is 6.09 Å². The lowest BCUT2D eigenvalue weighted by molar-refractivity contribution is -0.137. The van der Waals surface area contributed by atoms with Gasteiger partial charge in [-0.2, -0.15) is 13.2 Å². The van der Waals surface area contributed by atoms with E-state index in [1.165, 1.54) is 12.1 Å². The van der Waals surface area contributed by atoms with Gasteiger partial charge in [-0.3, -0.25) is 4.90 Å². The summed E-state index contributed by atoms with van der Waals surface area (Å²) in [5.74, 6) is 0.0964. The van der Waals surface area contributed by atoms with Crippen molar-refractivity contribution in [1.29, 1.82) is 0 Å². The minimum atomic E-state index is -4.42. The maximum Gasteiger partial charge on any atom is 0.416 e. The molecule has 3 rings (SSSR count). The smallest absolute Gasteiger partial charge is 0.416 e. The van der Waals surface area contributed by atoms with Crippen LogP contribution in [0.2, 0.25) is 0 Å². The molecule has 0 bridgehead atoms. The molecule has 1 aliphatic heterocycles. The van der Waals surface area contributed by atoms with E-state index in [0.29, 0.717) is 6.54 Å². The molecule has 0 radical (unpaired) electrons. The number of halogens is 3. The number of allylic oxidation sites excluding steroid dienone is 4. The number of cyclic esters (lactones) is 1. The third-order valence-corrected chi connectivity index (χ3v) is 3.81. The topological polar surface area (TPSA) is 38.8 Å². The molecule has 128 valence electrons. The van der Waals surface area contributed by atoms with Crippen LogP contribution < -0.4 is 4.74 Å². The molecule has 0 aromatic heterocycles. The lowest BCUT2D eigenvalue weighted by Gasteiger charge is -2.18. The number of amides is 1. The van der Waals surface area contributed by atoms with Crippen molar-refractivity contribution in [2.75, 3.05) is 13.2 Å². The van der Waals surface area contributed by atoms with Crippen LogP contribution in [0.4, 0.5) is 18.0 Å². The summed E-state index contributed by atoms with van der Waals surface area (Å²) in [5.41, 5.74) is 0.105. The largest absolute Gasteiger partial charge is 0.490 e. The summed E-state index contributed by atoms with van der Waals surface area (Å²) in [4.78, 5) is 13.5. The Morgan fingerprint density at radius 3 is 2.88 bits per heavy atom. The number of alkyl halides is 3. The molecule has 1 fully saturated rings. The third kappa shape index (κ3) is 3.72. The molecule has 24 heavy (non-hydrogen) atoms. The normalized spacial score (nSPS) is 20.8. The Bertz CT molecular complexity index is 682. The Kier molecular flexibility index (Phi) is 4.51. The van der Waals surface area contributed by atoms with Crippen LogP contribution in [0.3, 0.4) is 0 Å². The fourth-order valence-electron chi connectivity index (χ4n) is 2.61. The maximum absolute atomic E-state index is 12.7. The number of hydrogen-bond acceptors (Lipinski definition) is 3. The van der Waals surface area contributed by atoms with E-state index in [1.54, 1.807) is 4.90 Å². The average molecular weight is 339 g/mol. The summed E-state index contributed by atoms with van der Waals surface area (Å²) in [6.45, 7) is 0.337. The number of rotatable bonds is 4. The van der Waals surface area contributed by atoms with Gasteiger partial charge in [-0.25, -0.2) is 4.79 Å². The number of hydrogen-bond donors (Lipinski definition) is 0. The van der Waals surface area contributed by atoms with E-state index in [0.717, 1.165) is 30.7 Å². The second kappa shape index (κ2) is 6.59. The first kappa shape index (κ1) is 16.4. The Morgan fingerprint density at radius 2 is 2.17 bits per heavy atom. The molecule has 1 amide bonds. The Labute approximate surface area is 137 Å². The van der Waals surface area contributed by atoms with Crippen molar-refractivity contribution in [2.45, 2.75) is 25.1 Å². The zero-order valence-corrected chi connectivity index (χ0v) is 12.8. The highest BCUT2D eigenvalue weighted by molar-refractivity contribution is 5.72. The zero-order chi connectivity index (χ0) is 17.2. The van der Waals surface area contributed by atoms with E-state index in [9.17, 15) is 18.0 Å². The molecule has 0 saturated carbocycles. The molecule has 1 heterocycles. The number of nitrogens with zero attached hydrogens (tertiary/aromatic N) is 1. The average Bonchev–Trinajstić information content (AvgIpc) is 2.94. The summed E-state index contributed by atoms with van der Waals surface area (Å²) in [6, 6.07) is 4.64. The predicted octanol–water partition coefficient (Wildman–Crippen LogP) is 4.14. The van der Waals surface area contributed by atoms with Crippen molar-refractivity contribution in [3.05, 3.63) is 53.8 Å². The van der Waals surface area contributed by atoms with Gasteiger partial charge in [0.15, 0.2) is 6.10 Å². The van der Waals surface area contributed by atoms with Crippen molar-refractivity contribution in [2.24, 2.45) is 0 Å². The minimum absolute atomic E-state index is 0.00662. The maximum atomic E-state index is 12.7. The lowest BCUT2D eigenvalue weighted by atomic mass is 10.1. The summed E-state index contributed by atoms with van der Waals surface area (Å²) < 4.78 is 48.6. The molecule has 1 saturated heterocycles. The quantitative estimate of drug-likeness (QED) is 0.828. The van der Waals surface area contributed by atoms with E-state index in [2.05, 4.69) is 0 Å². The molecule has 1 aliphatic carbocycles. The van der Waals surface area contributed by atoms with Crippen LogP contribution in [0.5, 0.6) is 5.75 Å². The first-order chi connectivity index (χ1) is 11.4. The van der Waals surface area contributed by atoms with E-state index >= 15 is 0 Å². The Morgan fingerprint density at radius 1 is 1.33 bits per heavy atom. The summed E-state index contributed by atoms with van der Waals surface area (Å²) >= 11 is 0. The van der Waals surface area contributed by atoms with Crippen LogP contribution in [-0.2, 0) is 10.9 Å². The van der Waals surface area contributed by atoms with Crippen LogP contribution in [0, 0.1) is 0 Å². The number of carbonyl (C=O) groups is 1. The third-order valence-electron chi connectivity index (χ3n) is 3.81. The van der Waals surface area contributed by atoms with Gasteiger partial charge in [0.1, 0.15) is 12.4 Å². The van der Waals surface area contributed by atoms with Crippen molar-refractivity contribution in [3.8, 4) is 5.75 Å². The molecule has 1 aromatic rings. The first-order valence-electron chi connectivity index (χ1n) is 7.57. The molecular weight excluding hydrogens is 323 g/mol. The highest BCUT2D eigenvalue weighted by atomic mass is 19.4. The van der Waals surface area contributed by atoms with Gasteiger partial charge in [-0.1, -0.05) is 18.2 Å². The first-order valence-corrected chi connectivity index (χ1v) is 7.57. The fourth-order valence-corrected chi connectivity index (χ4v) is 2.61. The lowest BCUT2D eigenvalue weighted by Crippen LogP contribution is -2.26. The number of ether oxygens (including phenoxy) is 2. The standard InChI is InChI=1S/C17H16F3NO3/c18-17(19,20)12-5-4-8-14(9-12)23-11-15-10-21(16(22)24-15)13-6-2-1-3-7-13/h1-2,4-6,8-9,15H,3,7,10-11H2. The van der Waals surface area contributed by atoms with Crippen LogP contribution in [0.25, 0.3) is 0 Å². The van der Waals surface area contributed by atoms with Crippen LogP contribution in [0.15, 0.2) is 48.2 Å². The second-order valence-corrected chi connectivity index (χ2v) is 5.58. The van der Waals surface area contributed by atoms with Gasteiger partial charge in [0.2, 0.25) is 0 Å². The molecular formula is C17H16F3NO3. The number of carbonyl (C=O) groups excluding carboxylic acids is 1. The van der Waals surface area contributed by atoms with Crippen molar-refractivity contribution < 1.29 is 27.4 Å². The second-order valence-electron chi connectivity index (χ2n) is 5.58. The van der Waals surface area contributed by atoms with Gasteiger partial charge in [0.05, 0.1) is 12.1 Å². The minimum Gasteiger partial charge on any atom is -0.490 e. The van der Waals surface area contributed by atoms with E-state index in [1.807, 2.05) is 18.2 Å². The van der Waals surface area contributed by atoms with Crippen molar-refractivity contribution in [3.63, 3.8) is 0 Å². The summed E-state index contributed by atoms with van der Waals surface area (Å²) in [6.07, 6.45) is 2.00. The molecule has 1 aromatic carbocycles. The molecule has 2 aliphatic rings. The zero-order valence-electron chi connectivity index (χ0n) is 12.8. The predicted molar refractivity (Wildman–Crippen MR) is 80.4 cm³/mol. The van der Waals surface area contributed by atoms with E-state index in [4.69, 9.17) is 9.47 Å². The van der Waals surface area contributed by atoms with Gasteiger partial charge in [0.25, 0.3) is 0 Å². The summed E-state index contributed by atoms with van der Waals surface area (Å²) in [7, 11) is 0. The summed E-state index contributed by atoms with van der Waals surface area (Å²) in [5, 5.41) is 0. The SMILES string of the molecule is O=C1OC(COc2cccc(C(F)(F)F)c2)CN1C1=CC=CCC1. The Hall–Kier alpha value is -2.44. The molecule has 1 atom stereocenters. The molecule has 0 N–H and O–H groups in total. The highest BCUT2D eigenvalue weighted by Crippen LogP contribution is 2.31. The molecule has 4 nitrogen and oxygen atoms in total. The molecule has 1 unspecified atom stereocenters. The monoisotopic (exact) mass is 339 g/mol. The highest BCUT2D eigenvalue weighted by Gasteiger charge is 2.34. The van der Waals surface area contributed by atoms with Crippen molar-refractivity contribution in [1.82, 2.24) is 4.90 Å². The van der Waals surface area contributed by atoms with E-state index in [-0.39, 0.29) is 12.4 Å². The molecule has 0 spiro atoms. The number of benzene rings is 1. The van der Waals surface area contributed by atoms with Gasteiger partial charge in [-0.15, -0.1) is 0 Å². The van der Waals surface area contributed by atoms with Gasteiger partial charge in [-0.05, 0) is 37.1 Å². The van der Waals surface area contributed by atoms with Crippen LogP contribution >= 0.6 is 0 Å². The molecule has 7 heteroatoms. The Balaban J connectivity index is 1.59. The fraction of sp³-hybridized carbons (Fsp3) is 0.353. The van der Waals surface area contributed by atoms with Crippen LogP contribution in [-0.4, -0.2) is 30.2 Å². The van der Waals surface area contributed by atoms with Gasteiger partial charge >= 0.3 is 12.3 Å².